The van der Waals surface area contributed by atoms with Crippen LogP contribution in [-0.4, -0.2) is 14.5 Å². The highest BCUT2D eigenvalue weighted by Crippen LogP contribution is 2.07. The van der Waals surface area contributed by atoms with Gasteiger partial charge in [0, 0.05) is 12.4 Å². The van der Waals surface area contributed by atoms with Crippen LogP contribution in [-0.2, 0) is 6.61 Å². The number of hydrogen-bond acceptors (Lipinski definition) is 2. The molecule has 0 amide bonds. The molecule has 0 aromatic carbocycles. The van der Waals surface area contributed by atoms with Crippen molar-refractivity contribution in [3.8, 4) is 0 Å². The van der Waals surface area contributed by atoms with Crippen molar-refractivity contribution in [2.75, 3.05) is 0 Å². The molecule has 3 nitrogen and oxygen atoms in total. The molecule has 4 heteroatoms. The molecule has 0 atom stereocenters. The lowest BCUT2D eigenvalue weighted by molar-refractivity contribution is 0.282. The summed E-state index contributed by atoms with van der Waals surface area (Å²) in [5, 5.41) is 8.87. The fraction of sp³-hybridized carbons (Fsp3) is 0.222. The van der Waals surface area contributed by atoms with Crippen LogP contribution in [0.25, 0.3) is 5.65 Å². The molecule has 70 valence electrons. The number of aliphatic hydroxyl groups excluding tert-OH is 1. The summed E-state index contributed by atoms with van der Waals surface area (Å²) in [6.45, 7) is 2.02. The third-order valence-electron chi connectivity index (χ3n) is 1.83. The summed E-state index contributed by atoms with van der Waals surface area (Å²) in [5.74, 6) is 0. The quantitative estimate of drug-likeness (QED) is 0.755. The van der Waals surface area contributed by atoms with E-state index >= 15 is 0 Å². The lowest BCUT2D eigenvalue weighted by atomic mass is 10.3. The van der Waals surface area contributed by atoms with E-state index in [4.69, 9.17) is 5.11 Å². The number of hydrogen-bond donors (Lipinski definition) is 1. The van der Waals surface area contributed by atoms with E-state index in [1.807, 2.05) is 35.9 Å². The predicted molar refractivity (Wildman–Crippen MR) is 53.1 cm³/mol. The molecule has 13 heavy (non-hydrogen) atoms. The van der Waals surface area contributed by atoms with Crippen LogP contribution >= 0.6 is 12.4 Å². The van der Waals surface area contributed by atoms with Crippen molar-refractivity contribution in [2.24, 2.45) is 0 Å². The number of rotatable bonds is 1. The summed E-state index contributed by atoms with van der Waals surface area (Å²) in [6.07, 6.45) is 3.86. The van der Waals surface area contributed by atoms with E-state index in [0.717, 1.165) is 16.9 Å². The number of halogens is 1. The molecule has 0 fully saturated rings. The zero-order chi connectivity index (χ0) is 8.55. The van der Waals surface area contributed by atoms with Crippen LogP contribution in [0.2, 0.25) is 0 Å². The third-order valence-corrected chi connectivity index (χ3v) is 1.83. The molecule has 0 aliphatic rings. The Morgan fingerprint density at radius 3 is 3.00 bits per heavy atom. The maximum absolute atomic E-state index is 8.87. The van der Waals surface area contributed by atoms with E-state index in [0.29, 0.717) is 0 Å². The van der Waals surface area contributed by atoms with E-state index in [-0.39, 0.29) is 19.0 Å². The minimum atomic E-state index is 0. The molecular formula is C9H11ClN2O. The summed E-state index contributed by atoms with van der Waals surface area (Å²) in [5.41, 5.74) is 2.78. The first-order chi connectivity index (χ1) is 5.79. The number of aromatic nitrogens is 2. The number of imidazole rings is 1. The van der Waals surface area contributed by atoms with Crippen molar-refractivity contribution in [3.63, 3.8) is 0 Å². The Bertz CT molecular complexity index is 411. The highest BCUT2D eigenvalue weighted by Gasteiger charge is 1.97. The molecule has 0 saturated heterocycles. The first-order valence-electron chi connectivity index (χ1n) is 3.85. The second-order valence-electron chi connectivity index (χ2n) is 2.84. The lowest BCUT2D eigenvalue weighted by Gasteiger charge is -1.95. The zero-order valence-electron chi connectivity index (χ0n) is 7.27. The van der Waals surface area contributed by atoms with Crippen molar-refractivity contribution in [1.29, 1.82) is 0 Å². The second kappa shape index (κ2) is 3.77. The van der Waals surface area contributed by atoms with Crippen molar-refractivity contribution in [2.45, 2.75) is 13.5 Å². The summed E-state index contributed by atoms with van der Waals surface area (Å²) >= 11 is 0. The van der Waals surface area contributed by atoms with Gasteiger partial charge in [0.2, 0.25) is 0 Å². The predicted octanol–water partition coefficient (Wildman–Crippen LogP) is 1.56. The fourth-order valence-corrected chi connectivity index (χ4v) is 1.25. The fourth-order valence-electron chi connectivity index (χ4n) is 1.25. The molecule has 1 N–H and O–H groups in total. The maximum Gasteiger partial charge on any atom is 0.137 e. The SMILES string of the molecule is Cc1cn2ccc(CO)cc2n1.Cl. The average Bonchev–Trinajstić information content (AvgIpc) is 2.43. The van der Waals surface area contributed by atoms with Crippen molar-refractivity contribution in [1.82, 2.24) is 9.38 Å². The van der Waals surface area contributed by atoms with Gasteiger partial charge in [-0.2, -0.15) is 0 Å². The minimum Gasteiger partial charge on any atom is -0.392 e. The number of pyridine rings is 1. The van der Waals surface area contributed by atoms with Crippen LogP contribution in [0.4, 0.5) is 0 Å². The monoisotopic (exact) mass is 198 g/mol. The number of fused-ring (bicyclic) bond motifs is 1. The van der Waals surface area contributed by atoms with Gasteiger partial charge in [-0.05, 0) is 24.6 Å². The molecule has 0 aliphatic carbocycles. The molecule has 2 aromatic heterocycles. The number of aliphatic hydroxyl groups is 1. The Hall–Kier alpha value is -1.06. The van der Waals surface area contributed by atoms with E-state index in [9.17, 15) is 0 Å². The lowest BCUT2D eigenvalue weighted by Crippen LogP contribution is -1.87. The topological polar surface area (TPSA) is 37.5 Å². The number of aryl methyl sites for hydroxylation is 1. The standard InChI is InChI=1S/C9H10N2O.ClH/c1-7-5-11-3-2-8(6-12)4-9(11)10-7;/h2-5,12H,6H2,1H3;1H. The Labute approximate surface area is 82.4 Å². The summed E-state index contributed by atoms with van der Waals surface area (Å²) in [4.78, 5) is 4.27. The maximum atomic E-state index is 8.87. The van der Waals surface area contributed by atoms with Crippen LogP contribution in [0.15, 0.2) is 24.5 Å². The van der Waals surface area contributed by atoms with Gasteiger partial charge >= 0.3 is 0 Å². The van der Waals surface area contributed by atoms with E-state index in [1.165, 1.54) is 0 Å². The highest BCUT2D eigenvalue weighted by atomic mass is 35.5. The van der Waals surface area contributed by atoms with Gasteiger partial charge in [-0.25, -0.2) is 4.98 Å². The summed E-state index contributed by atoms with van der Waals surface area (Å²) in [7, 11) is 0. The van der Waals surface area contributed by atoms with Crippen LogP contribution in [0.5, 0.6) is 0 Å². The Morgan fingerprint density at radius 2 is 2.31 bits per heavy atom. The number of nitrogens with zero attached hydrogens (tertiary/aromatic N) is 2. The van der Waals surface area contributed by atoms with Crippen LogP contribution < -0.4 is 0 Å². The third kappa shape index (κ3) is 1.82. The highest BCUT2D eigenvalue weighted by molar-refractivity contribution is 5.85. The smallest absolute Gasteiger partial charge is 0.137 e. The van der Waals surface area contributed by atoms with Gasteiger partial charge in [0.1, 0.15) is 5.65 Å². The molecule has 0 unspecified atom stereocenters. The molecule has 2 heterocycles. The van der Waals surface area contributed by atoms with E-state index < -0.39 is 0 Å². The van der Waals surface area contributed by atoms with Gasteiger partial charge in [0.15, 0.2) is 0 Å². The van der Waals surface area contributed by atoms with Gasteiger partial charge < -0.3 is 9.51 Å². The Kier molecular flexibility index (Phi) is 2.90. The van der Waals surface area contributed by atoms with Crippen LogP contribution in [0.3, 0.4) is 0 Å². The molecule has 0 radical (unpaired) electrons. The normalized spacial score (nSPS) is 10.0. The van der Waals surface area contributed by atoms with Gasteiger partial charge in [-0.1, -0.05) is 0 Å². The Balaban J connectivity index is 0.000000845. The van der Waals surface area contributed by atoms with E-state index in [2.05, 4.69) is 4.98 Å². The molecular weight excluding hydrogens is 188 g/mol. The van der Waals surface area contributed by atoms with Crippen LogP contribution in [0.1, 0.15) is 11.3 Å². The second-order valence-corrected chi connectivity index (χ2v) is 2.84. The van der Waals surface area contributed by atoms with Gasteiger partial charge in [0.05, 0.1) is 12.3 Å². The minimum absolute atomic E-state index is 0. The van der Waals surface area contributed by atoms with Crippen molar-refractivity contribution < 1.29 is 5.11 Å². The summed E-state index contributed by atoms with van der Waals surface area (Å²) < 4.78 is 1.94. The Morgan fingerprint density at radius 1 is 1.54 bits per heavy atom. The molecule has 0 saturated carbocycles. The van der Waals surface area contributed by atoms with Crippen molar-refractivity contribution in [3.05, 3.63) is 35.8 Å². The average molecular weight is 199 g/mol. The molecule has 2 rings (SSSR count). The summed E-state index contributed by atoms with van der Waals surface area (Å²) in [6, 6.07) is 3.76. The first kappa shape index (κ1) is 10.0. The first-order valence-corrected chi connectivity index (χ1v) is 3.85. The molecule has 2 aromatic rings. The van der Waals surface area contributed by atoms with Gasteiger partial charge in [-0.15, -0.1) is 12.4 Å². The van der Waals surface area contributed by atoms with Crippen LogP contribution in [0, 0.1) is 6.92 Å². The molecule has 0 bridgehead atoms. The largest absolute Gasteiger partial charge is 0.392 e. The van der Waals surface area contributed by atoms with Crippen molar-refractivity contribution >= 4 is 18.1 Å². The molecule has 0 spiro atoms. The van der Waals surface area contributed by atoms with Gasteiger partial charge in [0.25, 0.3) is 0 Å². The molecule has 0 aliphatic heterocycles. The van der Waals surface area contributed by atoms with Gasteiger partial charge in [-0.3, -0.25) is 0 Å². The zero-order valence-corrected chi connectivity index (χ0v) is 8.08. The van der Waals surface area contributed by atoms with E-state index in [1.54, 1.807) is 0 Å².